The summed E-state index contributed by atoms with van der Waals surface area (Å²) in [7, 11) is 0. The molecule has 0 radical (unpaired) electrons. The number of halogens is 1. The first-order valence-electron chi connectivity index (χ1n) is 5.56. The largest absolute Gasteiger partial charge is 0.481 e. The molecule has 4 nitrogen and oxygen atoms in total. The third-order valence-electron chi connectivity index (χ3n) is 2.80. The summed E-state index contributed by atoms with van der Waals surface area (Å²) in [6.45, 7) is 2.29. The molecule has 1 heterocycles. The van der Waals surface area contributed by atoms with Crippen LogP contribution < -0.4 is 0 Å². The lowest BCUT2D eigenvalue weighted by Crippen LogP contribution is -2.07. The van der Waals surface area contributed by atoms with Crippen molar-refractivity contribution < 1.29 is 9.90 Å². The van der Waals surface area contributed by atoms with Gasteiger partial charge in [0.1, 0.15) is 0 Å². The molecule has 0 aliphatic rings. The van der Waals surface area contributed by atoms with Gasteiger partial charge in [-0.05, 0) is 18.1 Å². The van der Waals surface area contributed by atoms with Crippen LogP contribution in [0, 0.1) is 0 Å². The van der Waals surface area contributed by atoms with Crippen molar-refractivity contribution in [2.24, 2.45) is 0 Å². The lowest BCUT2D eigenvalue weighted by Gasteiger charge is -2.08. The molecule has 1 aromatic heterocycles. The van der Waals surface area contributed by atoms with Crippen molar-refractivity contribution in [3.05, 3.63) is 52.8 Å². The number of hydrogen-bond donors (Lipinski definition) is 1. The van der Waals surface area contributed by atoms with Crippen LogP contribution in [0.4, 0.5) is 0 Å². The van der Waals surface area contributed by atoms with E-state index >= 15 is 0 Å². The van der Waals surface area contributed by atoms with E-state index in [1.54, 1.807) is 24.0 Å². The fourth-order valence-corrected chi connectivity index (χ4v) is 1.82. The van der Waals surface area contributed by atoms with E-state index < -0.39 is 11.9 Å². The second kappa shape index (κ2) is 5.23. The summed E-state index contributed by atoms with van der Waals surface area (Å²) in [5.74, 6) is -1.31. The Morgan fingerprint density at radius 1 is 1.44 bits per heavy atom. The van der Waals surface area contributed by atoms with Crippen molar-refractivity contribution in [2.75, 3.05) is 0 Å². The average molecular weight is 265 g/mol. The second-order valence-electron chi connectivity index (χ2n) is 4.16. The van der Waals surface area contributed by atoms with Gasteiger partial charge in [-0.25, -0.2) is 0 Å². The first-order valence-corrected chi connectivity index (χ1v) is 5.93. The van der Waals surface area contributed by atoms with Crippen LogP contribution in [-0.4, -0.2) is 20.9 Å². The van der Waals surface area contributed by atoms with Crippen LogP contribution in [-0.2, 0) is 11.3 Å². The van der Waals surface area contributed by atoms with Gasteiger partial charge in [-0.1, -0.05) is 35.9 Å². The number of carboxylic acid groups (broad SMARTS) is 1. The highest BCUT2D eigenvalue weighted by Crippen LogP contribution is 2.16. The van der Waals surface area contributed by atoms with Gasteiger partial charge in [0.05, 0.1) is 23.7 Å². The molecule has 0 aliphatic heterocycles. The molecule has 1 N–H and O–H groups in total. The molecule has 1 aromatic carbocycles. The maximum Gasteiger partial charge on any atom is 0.310 e. The maximum atomic E-state index is 10.8. The number of aromatic nitrogens is 2. The van der Waals surface area contributed by atoms with E-state index in [9.17, 15) is 4.79 Å². The minimum Gasteiger partial charge on any atom is -0.481 e. The molecule has 0 spiro atoms. The van der Waals surface area contributed by atoms with E-state index in [1.807, 2.05) is 24.3 Å². The highest BCUT2D eigenvalue weighted by atomic mass is 35.5. The second-order valence-corrected chi connectivity index (χ2v) is 4.59. The third kappa shape index (κ3) is 2.90. The highest BCUT2D eigenvalue weighted by molar-refractivity contribution is 6.30. The Morgan fingerprint density at radius 3 is 2.61 bits per heavy atom. The topological polar surface area (TPSA) is 55.1 Å². The number of carbonyl (C=O) groups is 1. The van der Waals surface area contributed by atoms with Crippen molar-refractivity contribution in [1.82, 2.24) is 9.78 Å². The zero-order chi connectivity index (χ0) is 13.1. The summed E-state index contributed by atoms with van der Waals surface area (Å²) in [6, 6.07) is 7.48. The normalized spacial score (nSPS) is 12.3. The summed E-state index contributed by atoms with van der Waals surface area (Å²) in [5.41, 5.74) is 1.85. The zero-order valence-electron chi connectivity index (χ0n) is 9.88. The Labute approximate surface area is 110 Å². The average Bonchev–Trinajstić information content (AvgIpc) is 2.75. The Hall–Kier alpha value is -1.81. The number of aliphatic carboxylic acids is 1. The number of nitrogens with zero attached hydrogens (tertiary/aromatic N) is 2. The van der Waals surface area contributed by atoms with Gasteiger partial charge < -0.3 is 5.11 Å². The first-order chi connectivity index (χ1) is 8.56. The standard InChI is InChI=1S/C13H13ClN2O2/c1-9(13(17)18)11-4-2-10(3-5-11)7-16-8-12(14)6-15-16/h2-6,8-9H,7H2,1H3,(H,17,18). The summed E-state index contributed by atoms with van der Waals surface area (Å²) in [5, 5.41) is 13.6. The van der Waals surface area contributed by atoms with Crippen LogP contribution >= 0.6 is 11.6 Å². The van der Waals surface area contributed by atoms with Crippen molar-refractivity contribution >= 4 is 17.6 Å². The Balaban J connectivity index is 2.10. The molecule has 0 saturated heterocycles. The lowest BCUT2D eigenvalue weighted by molar-refractivity contribution is -0.138. The van der Waals surface area contributed by atoms with E-state index in [-0.39, 0.29) is 0 Å². The van der Waals surface area contributed by atoms with Crippen LogP contribution in [0.1, 0.15) is 24.0 Å². The molecule has 18 heavy (non-hydrogen) atoms. The molecule has 1 unspecified atom stereocenters. The summed E-state index contributed by atoms with van der Waals surface area (Å²) >= 11 is 5.78. The van der Waals surface area contributed by atoms with Crippen molar-refractivity contribution in [1.29, 1.82) is 0 Å². The number of carboxylic acids is 1. The molecule has 0 bridgehead atoms. The fourth-order valence-electron chi connectivity index (χ4n) is 1.67. The molecular weight excluding hydrogens is 252 g/mol. The minimum atomic E-state index is -0.818. The molecule has 1 atom stereocenters. The summed E-state index contributed by atoms with van der Waals surface area (Å²) in [6.07, 6.45) is 3.33. The lowest BCUT2D eigenvalue weighted by atomic mass is 10.0. The van der Waals surface area contributed by atoms with Gasteiger partial charge in [-0.3, -0.25) is 9.48 Å². The van der Waals surface area contributed by atoms with Crippen LogP contribution in [0.3, 0.4) is 0 Å². The smallest absolute Gasteiger partial charge is 0.310 e. The van der Waals surface area contributed by atoms with Crippen LogP contribution in [0.5, 0.6) is 0 Å². The predicted molar refractivity (Wildman–Crippen MR) is 68.8 cm³/mol. The molecule has 0 amide bonds. The maximum absolute atomic E-state index is 10.8. The zero-order valence-corrected chi connectivity index (χ0v) is 10.6. The van der Waals surface area contributed by atoms with Crippen LogP contribution in [0.25, 0.3) is 0 Å². The van der Waals surface area contributed by atoms with Gasteiger partial charge in [-0.15, -0.1) is 0 Å². The number of hydrogen-bond acceptors (Lipinski definition) is 2. The van der Waals surface area contributed by atoms with E-state index in [1.165, 1.54) is 0 Å². The molecule has 0 aliphatic carbocycles. The monoisotopic (exact) mass is 264 g/mol. The number of benzene rings is 1. The number of rotatable bonds is 4. The summed E-state index contributed by atoms with van der Waals surface area (Å²) < 4.78 is 1.73. The quantitative estimate of drug-likeness (QED) is 0.924. The van der Waals surface area contributed by atoms with Gasteiger partial charge in [0.15, 0.2) is 0 Å². The van der Waals surface area contributed by atoms with Crippen LogP contribution in [0.15, 0.2) is 36.7 Å². The van der Waals surface area contributed by atoms with E-state index in [2.05, 4.69) is 5.10 Å². The van der Waals surface area contributed by atoms with Crippen molar-refractivity contribution in [3.8, 4) is 0 Å². The van der Waals surface area contributed by atoms with Crippen LogP contribution in [0.2, 0.25) is 5.02 Å². The van der Waals surface area contributed by atoms with E-state index in [0.29, 0.717) is 11.6 Å². The van der Waals surface area contributed by atoms with E-state index in [0.717, 1.165) is 11.1 Å². The Bertz CT molecular complexity index is 548. The van der Waals surface area contributed by atoms with Gasteiger partial charge in [0.2, 0.25) is 0 Å². The first kappa shape index (κ1) is 12.6. The van der Waals surface area contributed by atoms with E-state index in [4.69, 9.17) is 16.7 Å². The van der Waals surface area contributed by atoms with Crippen molar-refractivity contribution in [2.45, 2.75) is 19.4 Å². The molecule has 5 heteroatoms. The fraction of sp³-hybridized carbons (Fsp3) is 0.231. The van der Waals surface area contributed by atoms with Gasteiger partial charge in [-0.2, -0.15) is 5.10 Å². The molecule has 0 fully saturated rings. The molecular formula is C13H13ClN2O2. The third-order valence-corrected chi connectivity index (χ3v) is 2.99. The summed E-state index contributed by atoms with van der Waals surface area (Å²) in [4.78, 5) is 10.8. The molecule has 2 rings (SSSR count). The van der Waals surface area contributed by atoms with Crippen molar-refractivity contribution in [3.63, 3.8) is 0 Å². The Morgan fingerprint density at radius 2 is 2.11 bits per heavy atom. The van der Waals surface area contributed by atoms with Gasteiger partial charge in [0, 0.05) is 6.20 Å². The predicted octanol–water partition coefficient (Wildman–Crippen LogP) is 2.77. The van der Waals surface area contributed by atoms with Gasteiger partial charge >= 0.3 is 5.97 Å². The Kier molecular flexibility index (Phi) is 3.67. The van der Waals surface area contributed by atoms with Gasteiger partial charge in [0.25, 0.3) is 0 Å². The minimum absolute atomic E-state index is 0.488. The molecule has 94 valence electrons. The SMILES string of the molecule is CC(C(=O)O)c1ccc(Cn2cc(Cl)cn2)cc1. The highest BCUT2D eigenvalue weighted by Gasteiger charge is 2.12. The molecule has 2 aromatic rings. The molecule has 0 saturated carbocycles.